The number of aryl methyl sites for hydroxylation is 1. The van der Waals surface area contributed by atoms with E-state index in [2.05, 4.69) is 16.5 Å². The number of nitrogen functional groups attached to an aromatic ring is 1. The molecular weight excluding hydrogens is 266 g/mol. The molecule has 0 saturated carbocycles. The molecule has 1 aromatic carbocycles. The van der Waals surface area contributed by atoms with E-state index in [4.69, 9.17) is 15.2 Å². The van der Waals surface area contributed by atoms with E-state index in [-0.39, 0.29) is 0 Å². The fourth-order valence-electron chi connectivity index (χ4n) is 2.34. The molecule has 2 N–H and O–H groups in total. The van der Waals surface area contributed by atoms with Gasteiger partial charge < -0.3 is 19.8 Å². The van der Waals surface area contributed by atoms with Crippen molar-refractivity contribution in [2.75, 3.05) is 20.0 Å². The molecular formula is C16H23N3O2. The number of methoxy groups -OCH3 is 2. The van der Waals surface area contributed by atoms with Gasteiger partial charge in [0.2, 0.25) is 0 Å². The summed E-state index contributed by atoms with van der Waals surface area (Å²) in [5.74, 6) is 3.07. The van der Waals surface area contributed by atoms with Crippen molar-refractivity contribution >= 4 is 5.82 Å². The lowest BCUT2D eigenvalue weighted by Crippen LogP contribution is -2.05. The Hall–Kier alpha value is -2.17. The number of aromatic nitrogens is 2. The fraction of sp³-hybridized carbons (Fsp3) is 0.438. The van der Waals surface area contributed by atoms with Crippen LogP contribution >= 0.6 is 0 Å². The van der Waals surface area contributed by atoms with Gasteiger partial charge in [0, 0.05) is 18.2 Å². The summed E-state index contributed by atoms with van der Waals surface area (Å²) in [4.78, 5) is 4.61. The molecule has 0 aliphatic rings. The maximum Gasteiger partial charge on any atom is 0.131 e. The molecule has 5 nitrogen and oxygen atoms in total. The van der Waals surface area contributed by atoms with Crippen LogP contribution in [0.2, 0.25) is 0 Å². The number of nitrogens with zero attached hydrogens (tertiary/aromatic N) is 2. The molecule has 114 valence electrons. The zero-order valence-electron chi connectivity index (χ0n) is 13.1. The molecule has 0 saturated heterocycles. The summed E-state index contributed by atoms with van der Waals surface area (Å²) >= 11 is 0. The van der Waals surface area contributed by atoms with E-state index in [0.29, 0.717) is 5.82 Å². The largest absolute Gasteiger partial charge is 0.497 e. The van der Waals surface area contributed by atoms with Gasteiger partial charge in [-0.15, -0.1) is 0 Å². The molecule has 0 atom stereocenters. The highest BCUT2D eigenvalue weighted by Crippen LogP contribution is 2.32. The van der Waals surface area contributed by atoms with Gasteiger partial charge in [-0.1, -0.05) is 13.3 Å². The van der Waals surface area contributed by atoms with Crippen LogP contribution in [0.4, 0.5) is 5.82 Å². The summed E-state index contributed by atoms with van der Waals surface area (Å²) in [5.41, 5.74) is 7.96. The third-order valence-electron chi connectivity index (χ3n) is 3.56. The van der Waals surface area contributed by atoms with Crippen LogP contribution in [-0.4, -0.2) is 23.8 Å². The monoisotopic (exact) mass is 289 g/mol. The molecule has 0 unspecified atom stereocenters. The molecule has 1 heterocycles. The van der Waals surface area contributed by atoms with Crippen LogP contribution in [0.15, 0.2) is 18.2 Å². The van der Waals surface area contributed by atoms with Gasteiger partial charge in [0.15, 0.2) is 0 Å². The molecule has 0 bridgehead atoms. The van der Waals surface area contributed by atoms with Gasteiger partial charge in [-0.25, -0.2) is 4.98 Å². The van der Waals surface area contributed by atoms with Crippen molar-refractivity contribution in [1.29, 1.82) is 0 Å². The van der Waals surface area contributed by atoms with Crippen LogP contribution in [0.5, 0.6) is 11.5 Å². The summed E-state index contributed by atoms with van der Waals surface area (Å²) in [6, 6.07) is 5.68. The van der Waals surface area contributed by atoms with Gasteiger partial charge in [-0.3, -0.25) is 0 Å². The first kappa shape index (κ1) is 15.2. The lowest BCUT2D eigenvalue weighted by Gasteiger charge is -2.09. The van der Waals surface area contributed by atoms with Crippen LogP contribution in [0.1, 0.15) is 25.6 Å². The second kappa shape index (κ2) is 6.52. The van der Waals surface area contributed by atoms with Crippen molar-refractivity contribution in [2.24, 2.45) is 0 Å². The highest BCUT2D eigenvalue weighted by Gasteiger charge is 2.15. The lowest BCUT2D eigenvalue weighted by molar-refractivity contribution is 0.394. The van der Waals surface area contributed by atoms with E-state index in [1.165, 1.54) is 0 Å². The van der Waals surface area contributed by atoms with Crippen LogP contribution in [0.3, 0.4) is 0 Å². The number of nitrogens with two attached hydrogens (primary N) is 1. The molecule has 2 rings (SSSR count). The summed E-state index contributed by atoms with van der Waals surface area (Å²) in [6.07, 6.45) is 2.21. The Morgan fingerprint density at radius 2 is 1.76 bits per heavy atom. The van der Waals surface area contributed by atoms with Crippen molar-refractivity contribution < 1.29 is 9.47 Å². The Morgan fingerprint density at radius 3 is 2.29 bits per heavy atom. The smallest absolute Gasteiger partial charge is 0.131 e. The minimum atomic E-state index is 0.691. The Balaban J connectivity index is 2.46. The van der Waals surface area contributed by atoms with E-state index in [9.17, 15) is 0 Å². The number of unbranched alkanes of at least 4 members (excludes halogenated alkanes) is 1. The molecule has 0 amide bonds. The van der Waals surface area contributed by atoms with Gasteiger partial charge in [-0.2, -0.15) is 0 Å². The molecule has 2 aromatic rings. The van der Waals surface area contributed by atoms with Gasteiger partial charge in [-0.05, 0) is 25.5 Å². The predicted molar refractivity (Wildman–Crippen MR) is 84.8 cm³/mol. The van der Waals surface area contributed by atoms with E-state index >= 15 is 0 Å². The van der Waals surface area contributed by atoms with Crippen LogP contribution in [0, 0.1) is 6.92 Å². The zero-order valence-corrected chi connectivity index (χ0v) is 13.1. The molecule has 1 aromatic heterocycles. The number of hydrogen-bond acceptors (Lipinski definition) is 4. The fourth-order valence-corrected chi connectivity index (χ4v) is 2.34. The number of imidazole rings is 1. The third kappa shape index (κ3) is 3.12. The Bertz CT molecular complexity index is 598. The summed E-state index contributed by atoms with van der Waals surface area (Å²) < 4.78 is 12.7. The van der Waals surface area contributed by atoms with Gasteiger partial charge in [0.25, 0.3) is 0 Å². The van der Waals surface area contributed by atoms with Crippen LogP contribution in [-0.2, 0) is 6.54 Å². The highest BCUT2D eigenvalue weighted by atomic mass is 16.5. The minimum absolute atomic E-state index is 0.691. The minimum Gasteiger partial charge on any atom is -0.497 e. The number of anilines is 1. The molecule has 5 heteroatoms. The van der Waals surface area contributed by atoms with Crippen molar-refractivity contribution in [3.8, 4) is 22.8 Å². The first-order valence-electron chi connectivity index (χ1n) is 7.16. The predicted octanol–water partition coefficient (Wildman–Crippen LogP) is 3.26. The number of ether oxygens (including phenoxy) is 2. The lowest BCUT2D eigenvalue weighted by atomic mass is 10.1. The van der Waals surface area contributed by atoms with E-state index < -0.39 is 0 Å². The van der Waals surface area contributed by atoms with Crippen LogP contribution in [0.25, 0.3) is 11.3 Å². The second-order valence-corrected chi connectivity index (χ2v) is 5.00. The highest BCUT2D eigenvalue weighted by molar-refractivity contribution is 5.73. The maximum absolute atomic E-state index is 6.28. The maximum atomic E-state index is 6.28. The van der Waals surface area contributed by atoms with E-state index in [1.54, 1.807) is 14.2 Å². The Kier molecular flexibility index (Phi) is 4.73. The third-order valence-corrected chi connectivity index (χ3v) is 3.56. The molecule has 0 aliphatic heterocycles. The average molecular weight is 289 g/mol. The second-order valence-electron chi connectivity index (χ2n) is 5.00. The number of rotatable bonds is 6. The van der Waals surface area contributed by atoms with Crippen molar-refractivity contribution in [2.45, 2.75) is 33.2 Å². The summed E-state index contributed by atoms with van der Waals surface area (Å²) in [5, 5.41) is 0. The molecule has 0 radical (unpaired) electrons. The number of hydrogen-bond donors (Lipinski definition) is 1. The topological polar surface area (TPSA) is 62.3 Å². The molecule has 0 aliphatic carbocycles. The molecule has 21 heavy (non-hydrogen) atoms. The molecule has 0 spiro atoms. The standard InChI is InChI=1S/C16H23N3O2/c1-5-6-7-19-11(2)18-15(16(19)17)12-8-13(20-3)10-14(9-12)21-4/h8-10H,5-7,17H2,1-4H3. The SMILES string of the molecule is CCCCn1c(C)nc(-c2cc(OC)cc(OC)c2)c1N. The van der Waals surface area contributed by atoms with E-state index in [1.807, 2.05) is 25.1 Å². The van der Waals surface area contributed by atoms with Gasteiger partial charge in [0.05, 0.1) is 14.2 Å². The van der Waals surface area contributed by atoms with Crippen molar-refractivity contribution in [3.63, 3.8) is 0 Å². The first-order chi connectivity index (χ1) is 10.1. The quantitative estimate of drug-likeness (QED) is 0.886. The Labute approximate surface area is 125 Å². The normalized spacial score (nSPS) is 10.7. The first-order valence-corrected chi connectivity index (χ1v) is 7.16. The number of benzene rings is 1. The van der Waals surface area contributed by atoms with Crippen molar-refractivity contribution in [1.82, 2.24) is 9.55 Å². The van der Waals surface area contributed by atoms with Gasteiger partial charge >= 0.3 is 0 Å². The van der Waals surface area contributed by atoms with Gasteiger partial charge in [0.1, 0.15) is 28.8 Å². The van der Waals surface area contributed by atoms with Crippen molar-refractivity contribution in [3.05, 3.63) is 24.0 Å². The van der Waals surface area contributed by atoms with E-state index in [0.717, 1.165) is 48.0 Å². The molecule has 0 fully saturated rings. The zero-order chi connectivity index (χ0) is 15.4. The summed E-state index contributed by atoms with van der Waals surface area (Å²) in [6.45, 7) is 5.03. The van der Waals surface area contributed by atoms with Crippen LogP contribution < -0.4 is 15.2 Å². The Morgan fingerprint density at radius 1 is 1.14 bits per heavy atom. The summed E-state index contributed by atoms with van der Waals surface area (Å²) in [7, 11) is 3.26. The average Bonchev–Trinajstić information content (AvgIpc) is 2.79.